The molecule has 0 amide bonds. The summed E-state index contributed by atoms with van der Waals surface area (Å²) in [6, 6.07) is 0. The molecular weight excluding hydrogens is 326 g/mol. The van der Waals surface area contributed by atoms with Gasteiger partial charge in [-0.3, -0.25) is 4.57 Å². The molecule has 2 aromatic rings. The minimum atomic E-state index is -0.892. The van der Waals surface area contributed by atoms with Crippen LogP contribution in [0.25, 0.3) is 11.2 Å². The maximum atomic E-state index is 10.8. The summed E-state index contributed by atoms with van der Waals surface area (Å²) in [6.07, 6.45) is 0.407. The molecule has 138 valence electrons. The van der Waals surface area contributed by atoms with Crippen LogP contribution in [0.1, 0.15) is 33.9 Å². The molecule has 1 saturated heterocycles. The Morgan fingerprint density at radius 1 is 1.24 bits per heavy atom. The summed E-state index contributed by atoms with van der Waals surface area (Å²) in [4.78, 5) is 12.4. The molecule has 0 aromatic carbocycles. The number of hydrogen-bond acceptors (Lipinski definition) is 8. The summed E-state index contributed by atoms with van der Waals surface area (Å²) < 4.78 is 19.3. The second kappa shape index (κ2) is 7.20. The summed E-state index contributed by atoms with van der Waals surface area (Å²) in [5, 5.41) is 10.8. The quantitative estimate of drug-likeness (QED) is 0.788. The standard InChI is InChI=1S/C16H25N5O4/c1-8(2)23-5-10-13(24-9(3)4)12(22)16(25-10)21-7-20-11-14(17)18-6-19-15(11)21/h6-10,12-13,16,22H,5H2,1-4H3,(H2,17,18,19)/t10?,12-,13+,16?/m0/s1. The molecule has 0 radical (unpaired) electrons. The van der Waals surface area contributed by atoms with Crippen molar-refractivity contribution in [2.75, 3.05) is 12.3 Å². The summed E-state index contributed by atoms with van der Waals surface area (Å²) in [6.45, 7) is 8.06. The topological polar surface area (TPSA) is 118 Å². The molecule has 1 aliphatic rings. The number of fused-ring (bicyclic) bond motifs is 1. The Balaban J connectivity index is 1.89. The fourth-order valence-electron chi connectivity index (χ4n) is 2.91. The molecule has 2 aromatic heterocycles. The third kappa shape index (κ3) is 3.59. The van der Waals surface area contributed by atoms with E-state index in [1.54, 1.807) is 10.9 Å². The Morgan fingerprint density at radius 3 is 2.68 bits per heavy atom. The van der Waals surface area contributed by atoms with Crippen LogP contribution in [-0.2, 0) is 14.2 Å². The van der Waals surface area contributed by atoms with E-state index < -0.39 is 24.5 Å². The van der Waals surface area contributed by atoms with E-state index >= 15 is 0 Å². The molecule has 3 rings (SSSR count). The zero-order valence-corrected chi connectivity index (χ0v) is 14.9. The number of ether oxygens (including phenoxy) is 3. The lowest BCUT2D eigenvalue weighted by Crippen LogP contribution is -2.38. The number of aliphatic hydroxyl groups excluding tert-OH is 1. The van der Waals surface area contributed by atoms with Crippen LogP contribution in [0.4, 0.5) is 5.82 Å². The van der Waals surface area contributed by atoms with Gasteiger partial charge in [-0.15, -0.1) is 0 Å². The minimum absolute atomic E-state index is 0.0546. The van der Waals surface area contributed by atoms with Crippen LogP contribution in [0, 0.1) is 0 Å². The van der Waals surface area contributed by atoms with Gasteiger partial charge in [0.05, 0.1) is 25.1 Å². The van der Waals surface area contributed by atoms with E-state index in [2.05, 4.69) is 15.0 Å². The molecule has 0 spiro atoms. The highest BCUT2D eigenvalue weighted by Crippen LogP contribution is 2.34. The van der Waals surface area contributed by atoms with Crippen LogP contribution in [0.2, 0.25) is 0 Å². The molecule has 0 bridgehead atoms. The van der Waals surface area contributed by atoms with Gasteiger partial charge >= 0.3 is 0 Å². The second-order valence-electron chi connectivity index (χ2n) is 6.67. The summed E-state index contributed by atoms with van der Waals surface area (Å²) in [7, 11) is 0. The van der Waals surface area contributed by atoms with E-state index in [4.69, 9.17) is 19.9 Å². The first-order valence-electron chi connectivity index (χ1n) is 8.42. The van der Waals surface area contributed by atoms with Crippen LogP contribution in [-0.4, -0.2) is 61.8 Å². The molecule has 0 saturated carbocycles. The van der Waals surface area contributed by atoms with Gasteiger partial charge in [-0.2, -0.15) is 0 Å². The zero-order valence-electron chi connectivity index (χ0n) is 14.9. The first-order valence-corrected chi connectivity index (χ1v) is 8.42. The summed E-state index contributed by atoms with van der Waals surface area (Å²) in [5.41, 5.74) is 6.81. The lowest BCUT2D eigenvalue weighted by molar-refractivity contribution is -0.0973. The number of nitrogen functional groups attached to an aromatic ring is 1. The molecule has 4 atom stereocenters. The van der Waals surface area contributed by atoms with Crippen LogP contribution >= 0.6 is 0 Å². The van der Waals surface area contributed by atoms with E-state index in [1.807, 2.05) is 27.7 Å². The molecule has 0 aliphatic carbocycles. The smallest absolute Gasteiger partial charge is 0.167 e. The molecule has 1 aliphatic heterocycles. The van der Waals surface area contributed by atoms with Crippen molar-refractivity contribution in [3.05, 3.63) is 12.7 Å². The molecular formula is C16H25N5O4. The number of hydrogen-bond donors (Lipinski definition) is 2. The van der Waals surface area contributed by atoms with Crippen molar-refractivity contribution in [1.82, 2.24) is 19.5 Å². The Hall–Kier alpha value is -1.81. The molecule has 9 nitrogen and oxygen atoms in total. The van der Waals surface area contributed by atoms with Crippen molar-refractivity contribution in [3.63, 3.8) is 0 Å². The average molecular weight is 351 g/mol. The first-order chi connectivity index (χ1) is 11.9. The Bertz CT molecular complexity index is 720. The minimum Gasteiger partial charge on any atom is -0.386 e. The van der Waals surface area contributed by atoms with Crippen LogP contribution in [0.3, 0.4) is 0 Å². The van der Waals surface area contributed by atoms with Crippen molar-refractivity contribution < 1.29 is 19.3 Å². The van der Waals surface area contributed by atoms with Gasteiger partial charge in [0.1, 0.15) is 30.2 Å². The highest BCUT2D eigenvalue weighted by atomic mass is 16.6. The van der Waals surface area contributed by atoms with E-state index in [1.165, 1.54) is 6.33 Å². The van der Waals surface area contributed by atoms with Crippen molar-refractivity contribution in [2.24, 2.45) is 0 Å². The number of aromatic nitrogens is 4. The van der Waals surface area contributed by atoms with E-state index in [9.17, 15) is 5.11 Å². The van der Waals surface area contributed by atoms with Crippen molar-refractivity contribution in [2.45, 2.75) is 64.4 Å². The normalized spacial score (nSPS) is 27.0. The Labute approximate surface area is 146 Å². The fourth-order valence-corrected chi connectivity index (χ4v) is 2.91. The van der Waals surface area contributed by atoms with Crippen LogP contribution in [0.15, 0.2) is 12.7 Å². The molecule has 1 fully saturated rings. The van der Waals surface area contributed by atoms with Gasteiger partial charge in [0.2, 0.25) is 0 Å². The van der Waals surface area contributed by atoms with Crippen molar-refractivity contribution in [1.29, 1.82) is 0 Å². The van der Waals surface area contributed by atoms with Crippen LogP contribution < -0.4 is 5.73 Å². The summed E-state index contributed by atoms with van der Waals surface area (Å²) >= 11 is 0. The van der Waals surface area contributed by atoms with Gasteiger partial charge in [0.15, 0.2) is 17.7 Å². The Kier molecular flexibility index (Phi) is 5.19. The predicted molar refractivity (Wildman–Crippen MR) is 90.7 cm³/mol. The van der Waals surface area contributed by atoms with Gasteiger partial charge < -0.3 is 25.1 Å². The second-order valence-corrected chi connectivity index (χ2v) is 6.67. The molecule has 2 unspecified atom stereocenters. The molecule has 25 heavy (non-hydrogen) atoms. The van der Waals surface area contributed by atoms with E-state index in [0.29, 0.717) is 17.8 Å². The maximum Gasteiger partial charge on any atom is 0.167 e. The Morgan fingerprint density at radius 2 is 2.00 bits per heavy atom. The van der Waals surface area contributed by atoms with Crippen molar-refractivity contribution >= 4 is 17.0 Å². The zero-order chi connectivity index (χ0) is 18.1. The number of rotatable bonds is 6. The lowest BCUT2D eigenvalue weighted by atomic mass is 10.1. The highest BCUT2D eigenvalue weighted by Gasteiger charge is 2.46. The third-order valence-electron chi connectivity index (χ3n) is 3.99. The lowest BCUT2D eigenvalue weighted by Gasteiger charge is -2.23. The van der Waals surface area contributed by atoms with Crippen LogP contribution in [0.5, 0.6) is 0 Å². The van der Waals surface area contributed by atoms with Gasteiger partial charge in [-0.05, 0) is 27.7 Å². The molecule has 3 N–H and O–H groups in total. The maximum absolute atomic E-state index is 10.8. The highest BCUT2D eigenvalue weighted by molar-refractivity contribution is 5.81. The number of aliphatic hydroxyl groups is 1. The van der Waals surface area contributed by atoms with Gasteiger partial charge in [-0.25, -0.2) is 15.0 Å². The fraction of sp³-hybridized carbons (Fsp3) is 0.688. The first kappa shape index (κ1) is 18.0. The number of nitrogens with two attached hydrogens (primary N) is 1. The third-order valence-corrected chi connectivity index (χ3v) is 3.99. The van der Waals surface area contributed by atoms with Gasteiger partial charge in [0, 0.05) is 0 Å². The van der Waals surface area contributed by atoms with Crippen molar-refractivity contribution in [3.8, 4) is 0 Å². The van der Waals surface area contributed by atoms with Gasteiger partial charge in [-0.1, -0.05) is 0 Å². The van der Waals surface area contributed by atoms with E-state index in [0.717, 1.165) is 0 Å². The monoisotopic (exact) mass is 351 g/mol. The SMILES string of the molecule is CC(C)OCC1OC(n2cnc3c(N)ncnc32)[C@@H](O)[C@@H]1OC(C)C. The number of nitrogens with zero attached hydrogens (tertiary/aromatic N) is 4. The molecule has 9 heteroatoms. The molecule has 3 heterocycles. The largest absolute Gasteiger partial charge is 0.386 e. The number of imidazole rings is 1. The predicted octanol–water partition coefficient (Wildman–Crippen LogP) is 0.885. The van der Waals surface area contributed by atoms with Gasteiger partial charge in [0.25, 0.3) is 0 Å². The number of anilines is 1. The summed E-state index contributed by atoms with van der Waals surface area (Å²) in [5.74, 6) is 0.283. The average Bonchev–Trinajstić information content (AvgIpc) is 3.09. The van der Waals surface area contributed by atoms with E-state index in [-0.39, 0.29) is 18.0 Å².